The summed E-state index contributed by atoms with van der Waals surface area (Å²) in [7, 11) is 0.849. The maximum Gasteiger partial charge on any atom is 0.128 e. The van der Waals surface area contributed by atoms with E-state index in [9.17, 15) is 4.55 Å². The van der Waals surface area contributed by atoms with Gasteiger partial charge in [-0.15, -0.1) is 10.3 Å². The van der Waals surface area contributed by atoms with E-state index < -0.39 is 15.1 Å². The highest BCUT2D eigenvalue weighted by molar-refractivity contribution is 8.29. The molecule has 1 aromatic carbocycles. The van der Waals surface area contributed by atoms with Crippen molar-refractivity contribution < 1.29 is 14.0 Å². The molecular formula is C20H26N3O3S-. The van der Waals surface area contributed by atoms with E-state index in [0.717, 1.165) is 28.1 Å². The third kappa shape index (κ3) is 3.04. The van der Waals surface area contributed by atoms with Crippen LogP contribution in [0.2, 0.25) is 0 Å². The summed E-state index contributed by atoms with van der Waals surface area (Å²) in [6.45, 7) is 7.89. The van der Waals surface area contributed by atoms with Gasteiger partial charge in [-0.2, -0.15) is 0 Å². The van der Waals surface area contributed by atoms with Gasteiger partial charge in [0.2, 0.25) is 0 Å². The minimum absolute atomic E-state index is 0.441. The molecular weight excluding hydrogens is 362 g/mol. The van der Waals surface area contributed by atoms with Gasteiger partial charge >= 0.3 is 0 Å². The molecule has 3 rings (SSSR count). The molecule has 0 aliphatic rings. The van der Waals surface area contributed by atoms with Crippen molar-refractivity contribution in [2.75, 3.05) is 20.5 Å². The van der Waals surface area contributed by atoms with E-state index in [-0.39, 0.29) is 0 Å². The molecule has 0 aliphatic heterocycles. The number of imidazole rings is 1. The number of aromatic nitrogens is 3. The Labute approximate surface area is 161 Å². The molecule has 146 valence electrons. The first-order valence-corrected chi connectivity index (χ1v) is 10.6. The van der Waals surface area contributed by atoms with E-state index in [0.29, 0.717) is 16.4 Å². The highest BCUT2D eigenvalue weighted by atomic mass is 32.3. The van der Waals surface area contributed by atoms with Crippen LogP contribution in [0.4, 0.5) is 0 Å². The number of pyridine rings is 1. The van der Waals surface area contributed by atoms with Crippen molar-refractivity contribution in [2.24, 2.45) is 0 Å². The summed E-state index contributed by atoms with van der Waals surface area (Å²) in [6, 6.07) is 5.52. The van der Waals surface area contributed by atoms with Crippen LogP contribution in [0.5, 0.6) is 11.5 Å². The van der Waals surface area contributed by atoms with Gasteiger partial charge in [0.25, 0.3) is 0 Å². The van der Waals surface area contributed by atoms with Crippen molar-refractivity contribution in [1.29, 1.82) is 0 Å². The monoisotopic (exact) mass is 388 g/mol. The lowest BCUT2D eigenvalue weighted by atomic mass is 10.0. The normalized spacial score (nSPS) is 15.4. The van der Waals surface area contributed by atoms with Gasteiger partial charge in [-0.1, -0.05) is 6.07 Å². The van der Waals surface area contributed by atoms with Crippen LogP contribution in [0.25, 0.3) is 11.0 Å². The van der Waals surface area contributed by atoms with Gasteiger partial charge in [0.05, 0.1) is 24.7 Å². The number of nitrogens with zero attached hydrogens (tertiary/aromatic N) is 3. The molecule has 0 saturated carbocycles. The predicted molar refractivity (Wildman–Crippen MR) is 109 cm³/mol. The summed E-state index contributed by atoms with van der Waals surface area (Å²) in [4.78, 5) is 13.9. The first kappa shape index (κ1) is 19.5. The van der Waals surface area contributed by atoms with Gasteiger partial charge in [-0.25, -0.2) is 0 Å². The quantitative estimate of drug-likeness (QED) is 0.697. The van der Waals surface area contributed by atoms with Crippen LogP contribution in [-0.2, 0) is 4.75 Å². The number of ether oxygens (including phenoxy) is 2. The third-order valence-corrected chi connectivity index (χ3v) is 8.25. The van der Waals surface area contributed by atoms with Crippen molar-refractivity contribution in [3.8, 4) is 11.5 Å². The minimum atomic E-state index is -2.41. The topological polar surface area (TPSA) is 78.6 Å². The molecule has 1 unspecified atom stereocenters. The molecule has 1 N–H and O–H groups in total. The minimum Gasteiger partial charge on any atom is -0.497 e. The fraction of sp³-hybridized carbons (Fsp3) is 0.400. The Morgan fingerprint density at radius 1 is 1.15 bits per heavy atom. The lowest BCUT2D eigenvalue weighted by molar-refractivity contribution is 0.405. The number of benzene rings is 1. The van der Waals surface area contributed by atoms with Crippen molar-refractivity contribution in [2.45, 2.75) is 37.6 Å². The first-order valence-electron chi connectivity index (χ1n) is 8.63. The summed E-state index contributed by atoms with van der Waals surface area (Å²) >= 11 is 0. The Balaban J connectivity index is 2.13. The Kier molecular flexibility index (Phi) is 4.86. The summed E-state index contributed by atoms with van der Waals surface area (Å²) in [5.41, 5.74) is 4.12. The molecule has 1 atom stereocenters. The second-order valence-corrected chi connectivity index (χ2v) is 10.3. The van der Waals surface area contributed by atoms with Crippen LogP contribution in [0.3, 0.4) is 0 Å². The van der Waals surface area contributed by atoms with Crippen LogP contribution in [0.1, 0.15) is 30.7 Å². The summed E-state index contributed by atoms with van der Waals surface area (Å²) in [5.74, 6) is 1.50. The number of hydrogen-bond acceptors (Lipinski definition) is 5. The van der Waals surface area contributed by atoms with Gasteiger partial charge in [0.1, 0.15) is 11.5 Å². The average molecular weight is 389 g/mol. The van der Waals surface area contributed by atoms with Crippen molar-refractivity contribution in [3.05, 3.63) is 41.2 Å². The van der Waals surface area contributed by atoms with Crippen molar-refractivity contribution in [3.63, 3.8) is 0 Å². The number of aryl methyl sites for hydroxylation is 1. The van der Waals surface area contributed by atoms with E-state index in [1.54, 1.807) is 20.4 Å². The molecule has 0 aliphatic carbocycles. The molecule has 0 radical (unpaired) electrons. The van der Waals surface area contributed by atoms with Crippen LogP contribution < -0.4 is 14.5 Å². The maximum absolute atomic E-state index is 11.6. The largest absolute Gasteiger partial charge is 0.497 e. The van der Waals surface area contributed by atoms with Crippen molar-refractivity contribution >= 4 is 21.3 Å². The summed E-state index contributed by atoms with van der Waals surface area (Å²) in [5, 5.41) is 0.441. The summed E-state index contributed by atoms with van der Waals surface area (Å²) < 4.78 is 21.7. The second kappa shape index (κ2) is 6.73. The van der Waals surface area contributed by atoms with Crippen LogP contribution >= 0.6 is 10.3 Å². The molecule has 7 heteroatoms. The van der Waals surface area contributed by atoms with E-state index in [2.05, 4.69) is 15.0 Å². The standard InChI is InChI=1S/C20H26N3O3S/c1-12-11-21-18(13(2)17(12)26-6)20(3,4)27(7,24)19-22-15-9-8-14(25-5)10-16(15)23-19/h8-11H,1-7H3,(H-,22,23,24)/q-1. The Morgan fingerprint density at radius 2 is 1.85 bits per heavy atom. The second-order valence-electron chi connectivity index (χ2n) is 7.19. The van der Waals surface area contributed by atoms with Gasteiger partial charge in [-0.3, -0.25) is 4.98 Å². The fourth-order valence-electron chi connectivity index (χ4n) is 3.28. The van der Waals surface area contributed by atoms with Crippen LogP contribution in [-0.4, -0.2) is 35.0 Å². The van der Waals surface area contributed by atoms with E-state index in [1.807, 2.05) is 52.1 Å². The third-order valence-electron chi connectivity index (χ3n) is 5.18. The van der Waals surface area contributed by atoms with E-state index in [1.165, 1.54) is 0 Å². The van der Waals surface area contributed by atoms with Crippen LogP contribution in [0, 0.1) is 13.8 Å². The molecule has 0 saturated heterocycles. The van der Waals surface area contributed by atoms with Crippen LogP contribution in [0.15, 0.2) is 29.6 Å². The highest BCUT2D eigenvalue weighted by Gasteiger charge is 2.40. The average Bonchev–Trinajstić information content (AvgIpc) is 3.05. The molecule has 6 nitrogen and oxygen atoms in total. The number of hydrogen-bond donors (Lipinski definition) is 1. The first-order chi connectivity index (χ1) is 12.6. The molecule has 2 heterocycles. The van der Waals surface area contributed by atoms with E-state index >= 15 is 0 Å². The number of fused-ring (bicyclic) bond motifs is 1. The molecule has 0 bridgehead atoms. The Bertz CT molecular complexity index is 996. The van der Waals surface area contributed by atoms with E-state index in [4.69, 9.17) is 9.47 Å². The van der Waals surface area contributed by atoms with Gasteiger partial charge < -0.3 is 24.0 Å². The molecule has 0 fully saturated rings. The number of methoxy groups -OCH3 is 2. The lowest BCUT2D eigenvalue weighted by Crippen LogP contribution is -2.29. The Morgan fingerprint density at radius 3 is 2.48 bits per heavy atom. The lowest BCUT2D eigenvalue weighted by Gasteiger charge is -2.46. The predicted octanol–water partition coefficient (Wildman–Crippen LogP) is 4.42. The van der Waals surface area contributed by atoms with Crippen molar-refractivity contribution in [1.82, 2.24) is 15.0 Å². The SMILES string of the molecule is COc1ccc2[n-]c(S(C)(O)C(C)(C)c3ncc(C)c(OC)c3C)nc2c1. The van der Waals surface area contributed by atoms with Gasteiger partial charge in [0, 0.05) is 17.3 Å². The number of rotatable bonds is 5. The molecule has 3 aromatic rings. The highest BCUT2D eigenvalue weighted by Crippen LogP contribution is 2.63. The smallest absolute Gasteiger partial charge is 0.128 e. The Hall–Kier alpha value is -2.25. The maximum atomic E-state index is 11.6. The summed E-state index contributed by atoms with van der Waals surface area (Å²) in [6.07, 6.45) is 3.59. The zero-order chi connectivity index (χ0) is 20.0. The molecule has 0 amide bonds. The molecule has 27 heavy (non-hydrogen) atoms. The zero-order valence-electron chi connectivity index (χ0n) is 16.8. The molecule has 2 aromatic heterocycles. The molecule has 0 spiro atoms. The van der Waals surface area contributed by atoms with Gasteiger partial charge in [0.15, 0.2) is 0 Å². The van der Waals surface area contributed by atoms with Gasteiger partial charge in [-0.05, 0) is 62.3 Å². The zero-order valence-corrected chi connectivity index (χ0v) is 17.6. The fourth-order valence-corrected chi connectivity index (χ4v) is 4.87.